The Morgan fingerprint density at radius 1 is 1.35 bits per heavy atom. The molecule has 0 aromatic heterocycles. The molecule has 0 aliphatic carbocycles. The first-order chi connectivity index (χ1) is 10.3. The Bertz CT molecular complexity index is 534. The molecule has 3 nitrogen and oxygen atoms in total. The number of nitrogens with one attached hydrogen (secondary N) is 2. The van der Waals surface area contributed by atoms with E-state index in [-0.39, 0.29) is 24.2 Å². The van der Waals surface area contributed by atoms with E-state index in [4.69, 9.17) is 0 Å². The second-order valence-corrected chi connectivity index (χ2v) is 6.43. The maximum absolute atomic E-state index is 12.4. The summed E-state index contributed by atoms with van der Waals surface area (Å²) in [6, 6.07) is 5.10. The minimum atomic E-state index is -4.23. The molecule has 0 bridgehead atoms. The van der Waals surface area contributed by atoms with Gasteiger partial charge in [-0.05, 0) is 50.6 Å². The summed E-state index contributed by atoms with van der Waals surface area (Å²) in [5, 5.41) is 5.98. The van der Waals surface area contributed by atoms with Crippen molar-refractivity contribution in [3.8, 4) is 0 Å². The highest BCUT2D eigenvalue weighted by Gasteiger charge is 2.28. The number of anilines is 1. The van der Waals surface area contributed by atoms with Gasteiger partial charge in [0.2, 0.25) is 5.91 Å². The van der Waals surface area contributed by atoms with Gasteiger partial charge in [0.25, 0.3) is 0 Å². The topological polar surface area (TPSA) is 41.1 Å². The molecule has 1 heterocycles. The summed E-state index contributed by atoms with van der Waals surface area (Å²) >= 11 is 0.699. The van der Waals surface area contributed by atoms with Gasteiger partial charge in [-0.25, -0.2) is 0 Å². The van der Waals surface area contributed by atoms with Crippen LogP contribution in [0.3, 0.4) is 0 Å². The Hall–Kier alpha value is -0.920. The highest BCUT2D eigenvalue weighted by molar-refractivity contribution is 7.99. The van der Waals surface area contributed by atoms with Gasteiger partial charge < -0.3 is 10.6 Å². The Labute approximate surface area is 144 Å². The van der Waals surface area contributed by atoms with Crippen LogP contribution in [-0.2, 0) is 4.79 Å². The van der Waals surface area contributed by atoms with Crippen LogP contribution in [0.5, 0.6) is 0 Å². The summed E-state index contributed by atoms with van der Waals surface area (Å²) in [7, 11) is 0. The van der Waals surface area contributed by atoms with Gasteiger partial charge >= 0.3 is 6.18 Å². The molecule has 8 heteroatoms. The Kier molecular flexibility index (Phi) is 7.70. The number of rotatable bonds is 4. The summed E-state index contributed by atoms with van der Waals surface area (Å²) in [4.78, 5) is 12.7. The molecule has 2 N–H and O–H groups in total. The highest BCUT2D eigenvalue weighted by atomic mass is 35.5. The van der Waals surface area contributed by atoms with E-state index in [1.54, 1.807) is 18.2 Å². The lowest BCUT2D eigenvalue weighted by molar-refractivity contribution is -0.120. The molecule has 130 valence electrons. The number of benzene rings is 1. The van der Waals surface area contributed by atoms with Crippen molar-refractivity contribution < 1.29 is 18.0 Å². The lowest BCUT2D eigenvalue weighted by Gasteiger charge is -2.22. The molecule has 0 spiro atoms. The molecule has 1 aromatic rings. The molecule has 1 aromatic carbocycles. The number of carbonyl (C=O) groups excluding carboxylic acids is 1. The lowest BCUT2D eigenvalue weighted by atomic mass is 9.97. The van der Waals surface area contributed by atoms with Crippen LogP contribution in [-0.4, -0.2) is 30.9 Å². The maximum atomic E-state index is 12.4. The number of carbonyl (C=O) groups is 1. The second kappa shape index (κ2) is 8.80. The van der Waals surface area contributed by atoms with Gasteiger partial charge in [0.1, 0.15) is 0 Å². The molecule has 0 unspecified atom stereocenters. The van der Waals surface area contributed by atoms with Crippen molar-refractivity contribution in [1.82, 2.24) is 5.32 Å². The van der Waals surface area contributed by atoms with E-state index < -0.39 is 11.9 Å². The van der Waals surface area contributed by atoms with Crippen LogP contribution in [0, 0.1) is 12.8 Å². The average Bonchev–Trinajstić information content (AvgIpc) is 2.46. The van der Waals surface area contributed by atoms with E-state index in [1.165, 1.54) is 0 Å². The number of piperidine rings is 1. The highest BCUT2D eigenvalue weighted by Crippen LogP contribution is 2.33. The molecular weight excluding hydrogens is 349 g/mol. The number of hydrogen-bond acceptors (Lipinski definition) is 3. The monoisotopic (exact) mass is 368 g/mol. The van der Waals surface area contributed by atoms with Gasteiger partial charge in [0.15, 0.2) is 0 Å². The zero-order chi connectivity index (χ0) is 16.2. The van der Waals surface area contributed by atoms with Crippen LogP contribution in [0.4, 0.5) is 18.9 Å². The van der Waals surface area contributed by atoms with Crippen LogP contribution in [0.1, 0.15) is 18.4 Å². The van der Waals surface area contributed by atoms with Gasteiger partial charge in [0.05, 0.1) is 11.4 Å². The van der Waals surface area contributed by atoms with Crippen LogP contribution >= 0.6 is 24.2 Å². The first kappa shape index (κ1) is 20.1. The van der Waals surface area contributed by atoms with Gasteiger partial charge in [-0.1, -0.05) is 6.07 Å². The molecule has 2 rings (SSSR count). The Morgan fingerprint density at radius 2 is 2.00 bits per heavy atom. The maximum Gasteiger partial charge on any atom is 0.398 e. The molecule has 1 fully saturated rings. The number of thioether (sulfide) groups is 1. The van der Waals surface area contributed by atoms with Crippen LogP contribution in [0.25, 0.3) is 0 Å². The summed E-state index contributed by atoms with van der Waals surface area (Å²) in [5.74, 6) is -1.16. The van der Waals surface area contributed by atoms with E-state index in [1.807, 2.05) is 6.92 Å². The van der Waals surface area contributed by atoms with Crippen LogP contribution in [0.15, 0.2) is 23.1 Å². The molecule has 1 aliphatic heterocycles. The van der Waals surface area contributed by atoms with Crippen LogP contribution in [0.2, 0.25) is 0 Å². The van der Waals surface area contributed by atoms with E-state index in [9.17, 15) is 18.0 Å². The third kappa shape index (κ3) is 6.61. The number of amides is 1. The molecule has 1 aliphatic rings. The van der Waals surface area contributed by atoms with Crippen molar-refractivity contribution in [2.24, 2.45) is 5.92 Å². The quantitative estimate of drug-likeness (QED) is 0.789. The number of aryl methyl sites for hydroxylation is 1. The molecule has 0 radical (unpaired) electrons. The lowest BCUT2D eigenvalue weighted by Crippen LogP contribution is -2.34. The normalized spacial score (nSPS) is 15.8. The molecule has 1 saturated heterocycles. The standard InChI is InChI=1S/C15H19F3N2OS.ClH/c1-10-2-3-13(22-9-15(16,17)18)12(8-10)20-14(21)11-4-6-19-7-5-11;/h2-3,8,11,19H,4-7,9H2,1H3,(H,20,21);1H. The first-order valence-corrected chi connectivity index (χ1v) is 8.15. The van der Waals surface area contributed by atoms with E-state index in [0.29, 0.717) is 22.3 Å². The average molecular weight is 369 g/mol. The summed E-state index contributed by atoms with van der Waals surface area (Å²) < 4.78 is 37.2. The molecular formula is C15H20ClF3N2OS. The minimum Gasteiger partial charge on any atom is -0.325 e. The molecule has 23 heavy (non-hydrogen) atoms. The van der Waals surface area contributed by atoms with Crippen molar-refractivity contribution in [2.75, 3.05) is 24.2 Å². The predicted octanol–water partition coefficient (Wildman–Crippen LogP) is 4.01. The van der Waals surface area contributed by atoms with E-state index >= 15 is 0 Å². The molecule has 0 atom stereocenters. The van der Waals surface area contributed by atoms with Crippen LogP contribution < -0.4 is 10.6 Å². The van der Waals surface area contributed by atoms with Gasteiger partial charge in [0, 0.05) is 10.8 Å². The second-order valence-electron chi connectivity index (χ2n) is 5.42. The Morgan fingerprint density at radius 3 is 2.61 bits per heavy atom. The zero-order valence-corrected chi connectivity index (χ0v) is 14.3. The SMILES string of the molecule is Cc1ccc(SCC(F)(F)F)c(NC(=O)C2CCNCC2)c1.Cl. The van der Waals surface area contributed by atoms with Gasteiger partial charge in [-0.3, -0.25) is 4.79 Å². The van der Waals surface area contributed by atoms with Gasteiger partial charge in [-0.15, -0.1) is 24.2 Å². The fourth-order valence-corrected chi connectivity index (χ4v) is 3.09. The molecule has 1 amide bonds. The zero-order valence-electron chi connectivity index (χ0n) is 12.7. The fourth-order valence-electron chi connectivity index (χ4n) is 2.35. The summed E-state index contributed by atoms with van der Waals surface area (Å²) in [5.41, 5.74) is 1.37. The number of alkyl halides is 3. The molecule has 0 saturated carbocycles. The largest absolute Gasteiger partial charge is 0.398 e. The van der Waals surface area contributed by atoms with E-state index in [0.717, 1.165) is 31.5 Å². The summed E-state index contributed by atoms with van der Waals surface area (Å²) in [6.45, 7) is 3.43. The smallest absolute Gasteiger partial charge is 0.325 e. The summed E-state index contributed by atoms with van der Waals surface area (Å²) in [6.07, 6.45) is -2.72. The first-order valence-electron chi connectivity index (χ1n) is 7.17. The predicted molar refractivity (Wildman–Crippen MR) is 89.4 cm³/mol. The number of hydrogen-bond donors (Lipinski definition) is 2. The van der Waals surface area contributed by atoms with Gasteiger partial charge in [-0.2, -0.15) is 13.2 Å². The minimum absolute atomic E-state index is 0. The fraction of sp³-hybridized carbons (Fsp3) is 0.533. The van der Waals surface area contributed by atoms with Crippen molar-refractivity contribution in [3.05, 3.63) is 23.8 Å². The third-order valence-electron chi connectivity index (χ3n) is 3.49. The van der Waals surface area contributed by atoms with Crippen molar-refractivity contribution in [3.63, 3.8) is 0 Å². The third-order valence-corrected chi connectivity index (χ3v) is 4.63. The van der Waals surface area contributed by atoms with E-state index in [2.05, 4.69) is 10.6 Å². The van der Waals surface area contributed by atoms with Crippen molar-refractivity contribution in [1.29, 1.82) is 0 Å². The number of halogens is 4. The Balaban J connectivity index is 0.00000264. The van der Waals surface area contributed by atoms with Crippen molar-refractivity contribution in [2.45, 2.75) is 30.8 Å². The van der Waals surface area contributed by atoms with Crippen molar-refractivity contribution >= 4 is 35.8 Å².